The van der Waals surface area contributed by atoms with Crippen LogP contribution in [0.4, 0.5) is 0 Å². The Kier molecular flexibility index (Phi) is 2.77. The number of rotatable bonds is 4. The fourth-order valence-electron chi connectivity index (χ4n) is 2.17. The predicted octanol–water partition coefficient (Wildman–Crippen LogP) is 1.07. The summed E-state index contributed by atoms with van der Waals surface area (Å²) in [7, 11) is 0. The molecule has 1 amide bonds. The molecule has 14 heavy (non-hydrogen) atoms. The van der Waals surface area contributed by atoms with Crippen molar-refractivity contribution in [1.82, 2.24) is 5.32 Å². The van der Waals surface area contributed by atoms with Crippen molar-refractivity contribution < 1.29 is 9.90 Å². The van der Waals surface area contributed by atoms with Gasteiger partial charge in [0.1, 0.15) is 0 Å². The highest BCUT2D eigenvalue weighted by molar-refractivity contribution is 5.78. The molecule has 0 heterocycles. The molecule has 80 valence electrons. The van der Waals surface area contributed by atoms with Crippen LogP contribution in [0.3, 0.4) is 0 Å². The van der Waals surface area contributed by atoms with Gasteiger partial charge in [-0.25, -0.2) is 0 Å². The van der Waals surface area contributed by atoms with Gasteiger partial charge in [0, 0.05) is 17.9 Å². The van der Waals surface area contributed by atoms with Crippen LogP contribution >= 0.6 is 0 Å². The summed E-state index contributed by atoms with van der Waals surface area (Å²) < 4.78 is 0. The standard InChI is InChI=1S/C11H19NO2/c13-8-11(5-6-11)7-12-10(14)9-3-1-2-4-9/h9,13H,1-8H2,(H,12,14). The number of carbonyl (C=O) groups excluding carboxylic acids is 1. The SMILES string of the molecule is O=C(NCC1(CO)CC1)C1CCCC1. The first-order valence-corrected chi connectivity index (χ1v) is 5.64. The minimum Gasteiger partial charge on any atom is -0.396 e. The lowest BCUT2D eigenvalue weighted by Gasteiger charge is -2.15. The molecule has 2 aliphatic rings. The van der Waals surface area contributed by atoms with Crippen molar-refractivity contribution in [3.8, 4) is 0 Å². The molecule has 0 unspecified atom stereocenters. The molecule has 2 saturated carbocycles. The maximum atomic E-state index is 11.6. The molecule has 0 aromatic heterocycles. The number of aliphatic hydroxyl groups is 1. The zero-order valence-electron chi connectivity index (χ0n) is 8.59. The van der Waals surface area contributed by atoms with E-state index in [1.807, 2.05) is 0 Å². The normalized spacial score (nSPS) is 24.9. The van der Waals surface area contributed by atoms with Gasteiger partial charge in [-0.15, -0.1) is 0 Å². The van der Waals surface area contributed by atoms with Crippen LogP contribution in [0.25, 0.3) is 0 Å². The van der Waals surface area contributed by atoms with Gasteiger partial charge in [0.25, 0.3) is 0 Å². The second kappa shape index (κ2) is 3.89. The van der Waals surface area contributed by atoms with Gasteiger partial charge in [-0.05, 0) is 25.7 Å². The fraction of sp³-hybridized carbons (Fsp3) is 0.909. The average Bonchev–Trinajstić information content (AvgIpc) is 2.78. The van der Waals surface area contributed by atoms with E-state index in [1.165, 1.54) is 12.8 Å². The number of aliphatic hydroxyl groups excluding tert-OH is 1. The Balaban J connectivity index is 1.72. The van der Waals surface area contributed by atoms with E-state index in [-0.39, 0.29) is 23.8 Å². The molecule has 2 fully saturated rings. The molecule has 3 heteroatoms. The Hall–Kier alpha value is -0.570. The Bertz CT molecular complexity index is 217. The first-order valence-electron chi connectivity index (χ1n) is 5.64. The van der Waals surface area contributed by atoms with Gasteiger partial charge < -0.3 is 10.4 Å². The Morgan fingerprint density at radius 3 is 2.50 bits per heavy atom. The zero-order valence-corrected chi connectivity index (χ0v) is 8.59. The third-order valence-corrected chi connectivity index (χ3v) is 3.66. The van der Waals surface area contributed by atoms with E-state index in [4.69, 9.17) is 5.11 Å². The lowest BCUT2D eigenvalue weighted by atomic mass is 10.1. The van der Waals surface area contributed by atoms with Crippen LogP contribution in [0.1, 0.15) is 38.5 Å². The van der Waals surface area contributed by atoms with E-state index in [0.717, 1.165) is 25.7 Å². The topological polar surface area (TPSA) is 49.3 Å². The van der Waals surface area contributed by atoms with Crippen molar-refractivity contribution in [1.29, 1.82) is 0 Å². The zero-order chi connectivity index (χ0) is 10.0. The van der Waals surface area contributed by atoms with Crippen molar-refractivity contribution in [2.75, 3.05) is 13.2 Å². The van der Waals surface area contributed by atoms with Gasteiger partial charge in [-0.1, -0.05) is 12.8 Å². The third kappa shape index (κ3) is 2.08. The molecule has 3 nitrogen and oxygen atoms in total. The highest BCUT2D eigenvalue weighted by Crippen LogP contribution is 2.44. The molecule has 0 radical (unpaired) electrons. The van der Waals surface area contributed by atoms with Gasteiger partial charge in [-0.2, -0.15) is 0 Å². The van der Waals surface area contributed by atoms with Crippen LogP contribution in [0.2, 0.25) is 0 Å². The first kappa shape index (κ1) is 9.97. The van der Waals surface area contributed by atoms with Crippen LogP contribution in [0.15, 0.2) is 0 Å². The second-order valence-corrected chi connectivity index (χ2v) is 4.86. The van der Waals surface area contributed by atoms with Crippen molar-refractivity contribution in [3.63, 3.8) is 0 Å². The van der Waals surface area contributed by atoms with Crippen LogP contribution in [-0.2, 0) is 4.79 Å². The molecule has 2 N–H and O–H groups in total. The first-order chi connectivity index (χ1) is 6.76. The summed E-state index contributed by atoms with van der Waals surface area (Å²) >= 11 is 0. The number of nitrogens with one attached hydrogen (secondary N) is 1. The summed E-state index contributed by atoms with van der Waals surface area (Å²) in [5.41, 5.74) is 0.0499. The van der Waals surface area contributed by atoms with Crippen LogP contribution in [0, 0.1) is 11.3 Å². The summed E-state index contributed by atoms with van der Waals surface area (Å²) in [5.74, 6) is 0.465. The van der Waals surface area contributed by atoms with Crippen molar-refractivity contribution >= 4 is 5.91 Å². The molecular weight excluding hydrogens is 178 g/mol. The summed E-state index contributed by atoms with van der Waals surface area (Å²) in [5, 5.41) is 12.1. The molecule has 0 atom stereocenters. The molecule has 2 aliphatic carbocycles. The number of amides is 1. The highest BCUT2D eigenvalue weighted by atomic mass is 16.3. The van der Waals surface area contributed by atoms with Crippen molar-refractivity contribution in [2.24, 2.45) is 11.3 Å². The Morgan fingerprint density at radius 2 is 2.00 bits per heavy atom. The van der Waals surface area contributed by atoms with E-state index in [1.54, 1.807) is 0 Å². The van der Waals surface area contributed by atoms with Crippen LogP contribution < -0.4 is 5.32 Å². The Labute approximate surface area is 84.9 Å². The minimum atomic E-state index is 0.0499. The molecule has 2 rings (SSSR count). The molecule has 0 aliphatic heterocycles. The van der Waals surface area contributed by atoms with Gasteiger partial charge in [-0.3, -0.25) is 4.79 Å². The summed E-state index contributed by atoms with van der Waals surface area (Å²) in [6, 6.07) is 0. The molecule has 0 aromatic carbocycles. The van der Waals surface area contributed by atoms with Crippen molar-refractivity contribution in [3.05, 3.63) is 0 Å². The largest absolute Gasteiger partial charge is 0.396 e. The van der Waals surface area contributed by atoms with Crippen LogP contribution in [0.5, 0.6) is 0 Å². The summed E-state index contributed by atoms with van der Waals surface area (Å²) in [6.07, 6.45) is 6.63. The van der Waals surface area contributed by atoms with E-state index >= 15 is 0 Å². The van der Waals surface area contributed by atoms with Gasteiger partial charge in [0.15, 0.2) is 0 Å². The Morgan fingerprint density at radius 1 is 1.36 bits per heavy atom. The van der Waals surface area contributed by atoms with E-state index in [2.05, 4.69) is 5.32 Å². The minimum absolute atomic E-state index is 0.0499. The van der Waals surface area contributed by atoms with E-state index < -0.39 is 0 Å². The molecule has 0 spiro atoms. The van der Waals surface area contributed by atoms with Gasteiger partial charge in [0.05, 0.1) is 6.61 Å². The third-order valence-electron chi connectivity index (χ3n) is 3.66. The maximum absolute atomic E-state index is 11.6. The molecule has 0 saturated heterocycles. The summed E-state index contributed by atoms with van der Waals surface area (Å²) in [4.78, 5) is 11.6. The monoisotopic (exact) mass is 197 g/mol. The van der Waals surface area contributed by atoms with Crippen LogP contribution in [-0.4, -0.2) is 24.2 Å². The molecular formula is C11H19NO2. The predicted molar refractivity (Wildman–Crippen MR) is 53.7 cm³/mol. The number of hydrogen-bond acceptors (Lipinski definition) is 2. The second-order valence-electron chi connectivity index (χ2n) is 4.86. The lowest BCUT2D eigenvalue weighted by Crippen LogP contribution is -2.35. The van der Waals surface area contributed by atoms with E-state index in [0.29, 0.717) is 6.54 Å². The number of carbonyl (C=O) groups is 1. The summed E-state index contributed by atoms with van der Waals surface area (Å²) in [6.45, 7) is 0.900. The van der Waals surface area contributed by atoms with Crippen molar-refractivity contribution in [2.45, 2.75) is 38.5 Å². The highest BCUT2D eigenvalue weighted by Gasteiger charge is 2.42. The smallest absolute Gasteiger partial charge is 0.223 e. The fourth-order valence-corrected chi connectivity index (χ4v) is 2.17. The quantitative estimate of drug-likeness (QED) is 0.708. The van der Waals surface area contributed by atoms with Gasteiger partial charge >= 0.3 is 0 Å². The van der Waals surface area contributed by atoms with Gasteiger partial charge in [0.2, 0.25) is 5.91 Å². The number of hydrogen-bond donors (Lipinski definition) is 2. The lowest BCUT2D eigenvalue weighted by molar-refractivity contribution is -0.125. The maximum Gasteiger partial charge on any atom is 0.223 e. The molecule has 0 bridgehead atoms. The van der Waals surface area contributed by atoms with E-state index in [9.17, 15) is 4.79 Å². The average molecular weight is 197 g/mol. The molecule has 0 aromatic rings.